The molecule has 0 saturated carbocycles. The summed E-state index contributed by atoms with van der Waals surface area (Å²) in [6.07, 6.45) is 2.26. The molecule has 0 amide bonds. The molecule has 0 radical (unpaired) electrons. The average molecular weight is 303 g/mol. The minimum absolute atomic E-state index is 0.0970. The van der Waals surface area contributed by atoms with Crippen molar-refractivity contribution >= 4 is 11.9 Å². The van der Waals surface area contributed by atoms with Crippen LogP contribution in [0.2, 0.25) is 0 Å². The van der Waals surface area contributed by atoms with Crippen LogP contribution >= 0.6 is 0 Å². The second-order valence-corrected chi connectivity index (χ2v) is 6.06. The number of fused-ring (bicyclic) bond motifs is 2. The lowest BCUT2D eigenvalue weighted by molar-refractivity contribution is -0.156. The molecule has 5 heteroatoms. The maximum Gasteiger partial charge on any atom is 0.338 e. The second kappa shape index (κ2) is 6.08. The van der Waals surface area contributed by atoms with Crippen LogP contribution in [0.25, 0.3) is 0 Å². The number of carbonyl (C=O) groups is 2. The Kier molecular flexibility index (Phi) is 4.16. The van der Waals surface area contributed by atoms with Gasteiger partial charge in [0.05, 0.1) is 12.7 Å². The zero-order valence-electron chi connectivity index (χ0n) is 12.9. The van der Waals surface area contributed by atoms with Gasteiger partial charge in [0, 0.05) is 18.5 Å². The Bertz CT molecular complexity index is 559. The fourth-order valence-corrected chi connectivity index (χ4v) is 3.77. The number of carbonyl (C=O) groups excluding carboxylic acids is 2. The number of piperidine rings is 1. The zero-order valence-corrected chi connectivity index (χ0v) is 12.9. The van der Waals surface area contributed by atoms with Crippen LogP contribution in [0.15, 0.2) is 30.3 Å². The number of rotatable bonds is 3. The van der Waals surface area contributed by atoms with Crippen molar-refractivity contribution in [2.75, 3.05) is 14.2 Å². The van der Waals surface area contributed by atoms with E-state index in [0.717, 1.165) is 12.8 Å². The summed E-state index contributed by atoms with van der Waals surface area (Å²) >= 11 is 0. The van der Waals surface area contributed by atoms with E-state index in [9.17, 15) is 9.59 Å². The molecule has 5 nitrogen and oxygen atoms in total. The van der Waals surface area contributed by atoms with Gasteiger partial charge in [0.2, 0.25) is 0 Å². The van der Waals surface area contributed by atoms with Crippen molar-refractivity contribution in [1.82, 2.24) is 4.90 Å². The molecule has 3 rings (SSSR count). The Morgan fingerprint density at radius 2 is 1.91 bits per heavy atom. The summed E-state index contributed by atoms with van der Waals surface area (Å²) in [5.74, 6) is -1.06. The summed E-state index contributed by atoms with van der Waals surface area (Å²) in [5.41, 5.74) is 0.511. The third kappa shape index (κ3) is 2.61. The van der Waals surface area contributed by atoms with Gasteiger partial charge in [-0.1, -0.05) is 18.2 Å². The predicted molar refractivity (Wildman–Crippen MR) is 80.3 cm³/mol. The zero-order chi connectivity index (χ0) is 15.7. The van der Waals surface area contributed by atoms with Crippen LogP contribution < -0.4 is 0 Å². The first-order chi connectivity index (χ1) is 10.6. The van der Waals surface area contributed by atoms with Crippen LogP contribution in [-0.4, -0.2) is 49.2 Å². The van der Waals surface area contributed by atoms with E-state index in [1.807, 2.05) is 13.1 Å². The summed E-state index contributed by atoms with van der Waals surface area (Å²) in [6.45, 7) is 0. The van der Waals surface area contributed by atoms with E-state index in [2.05, 4.69) is 4.90 Å². The Hall–Kier alpha value is -1.88. The van der Waals surface area contributed by atoms with Crippen molar-refractivity contribution in [2.45, 2.75) is 37.5 Å². The van der Waals surface area contributed by atoms with Crippen molar-refractivity contribution in [3.63, 3.8) is 0 Å². The highest BCUT2D eigenvalue weighted by Crippen LogP contribution is 2.40. The molecule has 0 spiro atoms. The molecule has 2 aliphatic heterocycles. The predicted octanol–water partition coefficient (Wildman–Crippen LogP) is 1.87. The molecule has 0 aromatic heterocycles. The van der Waals surface area contributed by atoms with Crippen molar-refractivity contribution < 1.29 is 19.1 Å². The van der Waals surface area contributed by atoms with Crippen molar-refractivity contribution in [3.8, 4) is 0 Å². The van der Waals surface area contributed by atoms with Gasteiger partial charge in [-0.25, -0.2) is 4.79 Å². The van der Waals surface area contributed by atoms with Gasteiger partial charge < -0.3 is 9.47 Å². The number of ether oxygens (including phenoxy) is 2. The number of esters is 2. The number of nitrogens with zero attached hydrogens (tertiary/aromatic N) is 1. The van der Waals surface area contributed by atoms with Crippen LogP contribution in [0.1, 0.15) is 29.6 Å². The average Bonchev–Trinajstić information content (AvgIpc) is 2.78. The van der Waals surface area contributed by atoms with Crippen molar-refractivity contribution in [1.29, 1.82) is 0 Å². The van der Waals surface area contributed by atoms with Crippen molar-refractivity contribution in [2.24, 2.45) is 5.92 Å². The van der Waals surface area contributed by atoms with E-state index in [-0.39, 0.29) is 18.0 Å². The fourth-order valence-electron chi connectivity index (χ4n) is 3.77. The van der Waals surface area contributed by atoms with E-state index < -0.39 is 12.0 Å². The molecular weight excluding hydrogens is 282 g/mol. The Labute approximate surface area is 130 Å². The van der Waals surface area contributed by atoms with Gasteiger partial charge in [-0.15, -0.1) is 0 Å². The SMILES string of the molecule is COC(=O)[C@H]1C2CC[C@H](C[C@@H]1OC(=O)c1ccccc1)N2C. The second-order valence-electron chi connectivity index (χ2n) is 6.06. The summed E-state index contributed by atoms with van der Waals surface area (Å²) in [7, 11) is 3.42. The standard InChI is InChI=1S/C17H21NO4/c1-18-12-8-9-13(18)15(17(20)21-2)14(10-12)22-16(19)11-6-4-3-5-7-11/h3-7,12-15H,8-10H2,1-2H3/t12-,13?,14+,15+/m1/s1. The molecule has 1 aromatic carbocycles. The van der Waals surface area contributed by atoms with Crippen LogP contribution in [-0.2, 0) is 14.3 Å². The molecule has 0 N–H and O–H groups in total. The fraction of sp³-hybridized carbons (Fsp3) is 0.529. The van der Waals surface area contributed by atoms with E-state index in [1.54, 1.807) is 24.3 Å². The minimum atomic E-state index is -0.408. The van der Waals surface area contributed by atoms with Gasteiger partial charge in [0.1, 0.15) is 12.0 Å². The molecule has 2 bridgehead atoms. The van der Waals surface area contributed by atoms with Crippen LogP contribution in [0.5, 0.6) is 0 Å². The summed E-state index contributed by atoms with van der Waals surface area (Å²) < 4.78 is 10.6. The number of hydrogen-bond acceptors (Lipinski definition) is 5. The maximum atomic E-state index is 12.3. The van der Waals surface area contributed by atoms with Gasteiger partial charge in [-0.05, 0) is 32.0 Å². The first-order valence-corrected chi connectivity index (χ1v) is 7.67. The molecule has 4 atom stereocenters. The molecule has 22 heavy (non-hydrogen) atoms. The highest BCUT2D eigenvalue weighted by Gasteiger charge is 2.50. The first kappa shape index (κ1) is 15.0. The molecule has 118 valence electrons. The lowest BCUT2D eigenvalue weighted by Crippen LogP contribution is -2.53. The van der Waals surface area contributed by atoms with E-state index in [0.29, 0.717) is 18.0 Å². The van der Waals surface area contributed by atoms with E-state index in [4.69, 9.17) is 9.47 Å². The Morgan fingerprint density at radius 3 is 2.59 bits per heavy atom. The normalized spacial score (nSPS) is 30.8. The minimum Gasteiger partial charge on any atom is -0.469 e. The summed E-state index contributed by atoms with van der Waals surface area (Å²) in [5, 5.41) is 0. The van der Waals surface area contributed by atoms with Gasteiger partial charge in [-0.3, -0.25) is 9.69 Å². The quantitative estimate of drug-likeness (QED) is 0.798. The Balaban J connectivity index is 1.79. The van der Waals surface area contributed by atoms with Gasteiger partial charge in [-0.2, -0.15) is 0 Å². The molecule has 0 aliphatic carbocycles. The van der Waals surface area contributed by atoms with Gasteiger partial charge in [0.15, 0.2) is 0 Å². The molecular formula is C17H21NO4. The third-order valence-electron chi connectivity index (χ3n) is 4.96. The Morgan fingerprint density at radius 1 is 1.18 bits per heavy atom. The number of benzene rings is 1. The topological polar surface area (TPSA) is 55.8 Å². The summed E-state index contributed by atoms with van der Waals surface area (Å²) in [4.78, 5) is 26.7. The molecule has 1 unspecified atom stereocenters. The first-order valence-electron chi connectivity index (χ1n) is 7.67. The highest BCUT2D eigenvalue weighted by molar-refractivity contribution is 5.89. The van der Waals surface area contributed by atoms with Crippen LogP contribution in [0, 0.1) is 5.92 Å². The monoisotopic (exact) mass is 303 g/mol. The molecule has 2 fully saturated rings. The lowest BCUT2D eigenvalue weighted by atomic mass is 9.87. The van der Waals surface area contributed by atoms with Crippen molar-refractivity contribution in [3.05, 3.63) is 35.9 Å². The third-order valence-corrected chi connectivity index (χ3v) is 4.96. The summed E-state index contributed by atoms with van der Waals surface area (Å²) in [6, 6.07) is 9.36. The van der Waals surface area contributed by atoms with E-state index in [1.165, 1.54) is 7.11 Å². The number of methoxy groups -OCH3 is 1. The van der Waals surface area contributed by atoms with Gasteiger partial charge >= 0.3 is 11.9 Å². The maximum absolute atomic E-state index is 12.3. The molecule has 2 saturated heterocycles. The van der Waals surface area contributed by atoms with Crippen LogP contribution in [0.3, 0.4) is 0 Å². The highest BCUT2D eigenvalue weighted by atomic mass is 16.6. The number of hydrogen-bond donors (Lipinski definition) is 0. The van der Waals surface area contributed by atoms with E-state index >= 15 is 0 Å². The lowest BCUT2D eigenvalue weighted by Gasteiger charge is -2.40. The molecule has 2 heterocycles. The molecule has 1 aromatic rings. The smallest absolute Gasteiger partial charge is 0.338 e. The van der Waals surface area contributed by atoms with Crippen LogP contribution in [0.4, 0.5) is 0 Å². The largest absolute Gasteiger partial charge is 0.469 e. The van der Waals surface area contributed by atoms with Gasteiger partial charge in [0.25, 0.3) is 0 Å². The molecule has 2 aliphatic rings.